The van der Waals surface area contributed by atoms with Crippen LogP contribution in [0.5, 0.6) is 0 Å². The molecule has 3 aliphatic rings. The third-order valence-corrected chi connectivity index (χ3v) is 12.6. The number of nitrogens with one attached hydrogen (secondary N) is 3. The standard InChI is InChI=1S/3C20H16N4O2/c3*1-24-17(9-10-22-24)19-18(23-20(25)26-19)16-11-15(12-21-13-16)8-7-14-5-3-2-4-6-14/h3*2-6,9-13,18-19H,1H3,(H,23,25)/t18-,19+;2*18-,19-/m110/s1. The van der Waals surface area contributed by atoms with Crippen molar-refractivity contribution in [1.29, 1.82) is 0 Å². The first-order valence-corrected chi connectivity index (χ1v) is 24.5. The van der Waals surface area contributed by atoms with Crippen LogP contribution >= 0.6 is 0 Å². The van der Waals surface area contributed by atoms with E-state index in [1.807, 2.05) is 149 Å². The van der Waals surface area contributed by atoms with Crippen LogP contribution in [-0.2, 0) is 35.4 Å². The number of carbonyl (C=O) groups excluding carboxylic acids is 3. The number of nitrogens with zero attached hydrogens (tertiary/aromatic N) is 9. The van der Waals surface area contributed by atoms with Crippen LogP contribution in [0, 0.1) is 35.5 Å². The molecule has 384 valence electrons. The Balaban J connectivity index is 0.000000132. The lowest BCUT2D eigenvalue weighted by Gasteiger charge is -2.17. The van der Waals surface area contributed by atoms with Gasteiger partial charge in [-0.3, -0.25) is 29.0 Å². The van der Waals surface area contributed by atoms with Gasteiger partial charge in [0.25, 0.3) is 0 Å². The predicted molar refractivity (Wildman–Crippen MR) is 285 cm³/mol. The number of ether oxygens (including phenoxy) is 3. The lowest BCUT2D eigenvalue weighted by atomic mass is 10.0. The van der Waals surface area contributed by atoms with Gasteiger partial charge in [-0.05, 0) is 89.5 Å². The van der Waals surface area contributed by atoms with Crippen LogP contribution < -0.4 is 16.0 Å². The number of hydrogen-bond donors (Lipinski definition) is 3. The molecule has 3 fully saturated rings. The summed E-state index contributed by atoms with van der Waals surface area (Å²) in [5.41, 5.74) is 10.1. The van der Waals surface area contributed by atoms with Crippen molar-refractivity contribution in [1.82, 2.24) is 60.2 Å². The summed E-state index contributed by atoms with van der Waals surface area (Å²) in [5, 5.41) is 21.0. The van der Waals surface area contributed by atoms with Gasteiger partial charge in [0.1, 0.15) is 18.1 Å². The molecule has 3 saturated heterocycles. The molecule has 0 spiro atoms. The molecule has 0 aliphatic carbocycles. The zero-order valence-corrected chi connectivity index (χ0v) is 42.3. The van der Waals surface area contributed by atoms with Gasteiger partial charge in [0.05, 0.1) is 17.1 Å². The van der Waals surface area contributed by atoms with E-state index in [0.717, 1.165) is 67.2 Å². The summed E-state index contributed by atoms with van der Waals surface area (Å²) in [6, 6.07) is 39.5. The highest BCUT2D eigenvalue weighted by atomic mass is 16.6. The van der Waals surface area contributed by atoms with Gasteiger partial charge in [-0.2, -0.15) is 15.3 Å². The first kappa shape index (κ1) is 50.7. The Morgan fingerprint density at radius 1 is 0.372 bits per heavy atom. The largest absolute Gasteiger partial charge is 0.437 e. The first-order chi connectivity index (χ1) is 38.1. The molecule has 3 aliphatic heterocycles. The van der Waals surface area contributed by atoms with E-state index in [4.69, 9.17) is 14.2 Å². The Bertz CT molecular complexity index is 3400. The molecule has 6 aromatic heterocycles. The van der Waals surface area contributed by atoms with Gasteiger partial charge < -0.3 is 30.2 Å². The molecule has 3 aromatic carbocycles. The van der Waals surface area contributed by atoms with Gasteiger partial charge in [0.15, 0.2) is 18.3 Å². The molecule has 3 N–H and O–H groups in total. The number of benzene rings is 3. The van der Waals surface area contributed by atoms with Crippen molar-refractivity contribution in [3.63, 3.8) is 0 Å². The number of rotatable bonds is 6. The summed E-state index contributed by atoms with van der Waals surface area (Å²) in [7, 11) is 5.45. The first-order valence-electron chi connectivity index (χ1n) is 24.5. The minimum absolute atomic E-state index is 0.344. The minimum atomic E-state index is -0.464. The molecular weight excluding hydrogens is 985 g/mol. The van der Waals surface area contributed by atoms with E-state index >= 15 is 0 Å². The van der Waals surface area contributed by atoms with Gasteiger partial charge >= 0.3 is 18.3 Å². The number of amides is 3. The van der Waals surface area contributed by atoms with E-state index in [1.54, 1.807) is 69.8 Å². The average molecular weight is 1030 g/mol. The number of carbonyl (C=O) groups is 3. The maximum atomic E-state index is 11.8. The highest BCUT2D eigenvalue weighted by Gasteiger charge is 2.40. The Morgan fingerprint density at radius 2 is 0.641 bits per heavy atom. The fourth-order valence-corrected chi connectivity index (χ4v) is 8.80. The van der Waals surface area contributed by atoms with Gasteiger partial charge in [-0.15, -0.1) is 0 Å². The molecule has 0 bridgehead atoms. The van der Waals surface area contributed by atoms with Crippen molar-refractivity contribution in [2.24, 2.45) is 21.1 Å². The van der Waals surface area contributed by atoms with Crippen LogP contribution in [0.15, 0.2) is 183 Å². The van der Waals surface area contributed by atoms with E-state index in [0.29, 0.717) is 0 Å². The molecular formula is C60H48N12O6. The number of cyclic esters (lactones) is 3. The fraction of sp³-hybridized carbons (Fsp3) is 0.150. The van der Waals surface area contributed by atoms with Crippen LogP contribution in [0.25, 0.3) is 0 Å². The molecule has 6 atom stereocenters. The average Bonchev–Trinajstić information content (AvgIpc) is 4.41. The van der Waals surface area contributed by atoms with Gasteiger partial charge in [0.2, 0.25) is 0 Å². The van der Waals surface area contributed by atoms with Crippen LogP contribution in [-0.4, -0.2) is 62.6 Å². The second kappa shape index (κ2) is 23.6. The molecule has 18 nitrogen and oxygen atoms in total. The second-order valence-electron chi connectivity index (χ2n) is 17.9. The summed E-state index contributed by atoms with van der Waals surface area (Å²) in [5.74, 6) is 18.7. The third-order valence-electron chi connectivity index (χ3n) is 12.6. The SMILES string of the molecule is Cn1nccc1[C@@H]1OC(=O)N[C@@H]1c1cncc(C#Cc2ccccc2)c1.Cn1nccc1[C@@H]1OC(=O)N[C@H]1c1cncc(C#Cc2ccccc2)c1.Cn1nccc1[C@H]1OC(=O)N[C@@H]1c1cncc(C#Cc2ccccc2)c1. The summed E-state index contributed by atoms with van der Waals surface area (Å²) >= 11 is 0. The lowest BCUT2D eigenvalue weighted by molar-refractivity contribution is 0.126. The Kier molecular flexibility index (Phi) is 15.4. The maximum Gasteiger partial charge on any atom is 0.408 e. The van der Waals surface area contributed by atoms with Crippen molar-refractivity contribution in [2.75, 3.05) is 0 Å². The van der Waals surface area contributed by atoms with Gasteiger partial charge in [-0.25, -0.2) is 14.4 Å². The van der Waals surface area contributed by atoms with Gasteiger partial charge in [-0.1, -0.05) is 90.1 Å². The summed E-state index contributed by atoms with van der Waals surface area (Å²) in [4.78, 5) is 48.3. The quantitative estimate of drug-likeness (QED) is 0.106. The van der Waals surface area contributed by atoms with Crippen LogP contribution in [0.4, 0.5) is 14.4 Å². The van der Waals surface area contributed by atoms with Crippen molar-refractivity contribution >= 4 is 18.3 Å². The van der Waals surface area contributed by atoms with E-state index in [9.17, 15) is 14.4 Å². The monoisotopic (exact) mass is 1030 g/mol. The molecule has 12 rings (SSSR count). The number of alkyl carbamates (subject to hydrolysis) is 3. The smallest absolute Gasteiger partial charge is 0.408 e. The normalized spacial score (nSPS) is 18.6. The number of hydrogen-bond acceptors (Lipinski definition) is 12. The van der Waals surface area contributed by atoms with Crippen LogP contribution in [0.3, 0.4) is 0 Å². The highest BCUT2D eigenvalue weighted by molar-refractivity contribution is 5.72. The Morgan fingerprint density at radius 3 is 0.897 bits per heavy atom. The lowest BCUT2D eigenvalue weighted by Crippen LogP contribution is -2.20. The molecule has 18 heteroatoms. The zero-order chi connectivity index (χ0) is 53.8. The topological polar surface area (TPSA) is 207 Å². The van der Waals surface area contributed by atoms with E-state index in [-0.39, 0.29) is 18.1 Å². The van der Waals surface area contributed by atoms with E-state index < -0.39 is 36.6 Å². The predicted octanol–water partition coefficient (Wildman–Crippen LogP) is 8.21. The van der Waals surface area contributed by atoms with Crippen molar-refractivity contribution in [3.8, 4) is 35.5 Å². The molecule has 0 unspecified atom stereocenters. The summed E-state index contributed by atoms with van der Waals surface area (Å²) < 4.78 is 21.4. The van der Waals surface area contributed by atoms with Gasteiger partial charge in [0, 0.05) is 110 Å². The molecule has 3 amide bonds. The number of aryl methyl sites for hydroxylation is 3. The minimum Gasteiger partial charge on any atom is -0.437 e. The highest BCUT2D eigenvalue weighted by Crippen LogP contribution is 2.38. The summed E-state index contributed by atoms with van der Waals surface area (Å²) in [6.45, 7) is 0. The maximum absolute atomic E-state index is 11.8. The molecule has 0 radical (unpaired) electrons. The Hall–Kier alpha value is -10.8. The van der Waals surface area contributed by atoms with E-state index in [1.165, 1.54) is 0 Å². The van der Waals surface area contributed by atoms with Crippen LogP contribution in [0.2, 0.25) is 0 Å². The summed E-state index contributed by atoms with van der Waals surface area (Å²) in [6.07, 6.45) is 12.5. The molecule has 9 aromatic rings. The second-order valence-corrected chi connectivity index (χ2v) is 17.9. The fourth-order valence-electron chi connectivity index (χ4n) is 8.80. The molecule has 78 heavy (non-hydrogen) atoms. The Labute approximate surface area is 448 Å². The molecule has 9 heterocycles. The number of pyridine rings is 3. The van der Waals surface area contributed by atoms with E-state index in [2.05, 4.69) is 81.7 Å². The van der Waals surface area contributed by atoms with Crippen molar-refractivity contribution in [2.45, 2.75) is 36.4 Å². The molecule has 0 saturated carbocycles. The number of aromatic nitrogens is 9. The van der Waals surface area contributed by atoms with Crippen molar-refractivity contribution < 1.29 is 28.6 Å². The zero-order valence-electron chi connectivity index (χ0n) is 42.3. The van der Waals surface area contributed by atoms with Crippen molar-refractivity contribution in [3.05, 3.63) is 250 Å². The third kappa shape index (κ3) is 12.2. The van der Waals surface area contributed by atoms with Crippen LogP contribution in [0.1, 0.15) is 104 Å².